The van der Waals surface area contributed by atoms with Crippen molar-refractivity contribution in [1.29, 1.82) is 0 Å². The molecular formula is C20H15ClN2O2. The molecule has 0 radical (unpaired) electrons. The summed E-state index contributed by atoms with van der Waals surface area (Å²) < 4.78 is 0. The Morgan fingerprint density at radius 3 is 2.68 bits per heavy atom. The van der Waals surface area contributed by atoms with Crippen LogP contribution in [-0.2, 0) is 6.54 Å². The van der Waals surface area contributed by atoms with Crippen LogP contribution in [0.3, 0.4) is 0 Å². The standard InChI is InChI=1S/C20H15ClN2O2/c1-2-3-13-6-9-18-16(10-13)19(24)17(12-22-18)20(25)23-11-14-4-7-15(21)8-5-14/h4-10,12H,11H2,1H3,(H,22,24)(H,23,25). The second-order valence-electron chi connectivity index (χ2n) is 5.48. The Labute approximate surface area is 149 Å². The molecule has 0 unspecified atom stereocenters. The van der Waals surface area contributed by atoms with E-state index in [1.54, 1.807) is 31.2 Å². The first-order chi connectivity index (χ1) is 12.1. The lowest BCUT2D eigenvalue weighted by molar-refractivity contribution is 0.0949. The zero-order valence-corrected chi connectivity index (χ0v) is 14.3. The summed E-state index contributed by atoms with van der Waals surface area (Å²) in [6, 6.07) is 12.5. The molecule has 0 aliphatic rings. The zero-order valence-electron chi connectivity index (χ0n) is 13.5. The van der Waals surface area contributed by atoms with Crippen molar-refractivity contribution >= 4 is 28.4 Å². The number of rotatable bonds is 3. The lowest BCUT2D eigenvalue weighted by Crippen LogP contribution is -2.28. The van der Waals surface area contributed by atoms with Crippen LogP contribution in [-0.4, -0.2) is 10.9 Å². The maximum absolute atomic E-state index is 12.6. The van der Waals surface area contributed by atoms with Crippen LogP contribution in [0, 0.1) is 11.8 Å². The number of amides is 1. The number of halogens is 1. The molecule has 1 aromatic heterocycles. The van der Waals surface area contributed by atoms with E-state index < -0.39 is 5.91 Å². The van der Waals surface area contributed by atoms with Gasteiger partial charge in [-0.1, -0.05) is 29.7 Å². The van der Waals surface area contributed by atoms with Crippen LogP contribution < -0.4 is 10.7 Å². The van der Waals surface area contributed by atoms with E-state index in [4.69, 9.17) is 11.6 Å². The molecule has 0 atom stereocenters. The number of aromatic amines is 1. The van der Waals surface area contributed by atoms with E-state index in [2.05, 4.69) is 22.1 Å². The monoisotopic (exact) mass is 350 g/mol. The van der Waals surface area contributed by atoms with Crippen molar-refractivity contribution in [2.75, 3.05) is 0 Å². The average molecular weight is 351 g/mol. The van der Waals surface area contributed by atoms with Gasteiger partial charge in [0.15, 0.2) is 0 Å². The molecule has 0 spiro atoms. The number of benzene rings is 2. The molecule has 0 aliphatic heterocycles. The molecule has 0 bridgehead atoms. The van der Waals surface area contributed by atoms with Gasteiger partial charge in [-0.15, -0.1) is 5.92 Å². The smallest absolute Gasteiger partial charge is 0.257 e. The number of carbonyl (C=O) groups is 1. The highest BCUT2D eigenvalue weighted by Gasteiger charge is 2.13. The summed E-state index contributed by atoms with van der Waals surface area (Å²) in [4.78, 5) is 28.0. The van der Waals surface area contributed by atoms with Gasteiger partial charge in [0.2, 0.25) is 5.43 Å². The molecule has 5 heteroatoms. The fourth-order valence-corrected chi connectivity index (χ4v) is 2.62. The normalized spacial score (nSPS) is 10.2. The molecule has 25 heavy (non-hydrogen) atoms. The van der Waals surface area contributed by atoms with E-state index >= 15 is 0 Å². The lowest BCUT2D eigenvalue weighted by Gasteiger charge is -2.06. The predicted molar refractivity (Wildman–Crippen MR) is 99.7 cm³/mol. The number of nitrogens with one attached hydrogen (secondary N) is 2. The highest BCUT2D eigenvalue weighted by molar-refractivity contribution is 6.30. The van der Waals surface area contributed by atoms with Gasteiger partial charge < -0.3 is 10.3 Å². The first kappa shape index (κ1) is 16.8. The number of hydrogen-bond acceptors (Lipinski definition) is 2. The van der Waals surface area contributed by atoms with Crippen LogP contribution in [0.4, 0.5) is 0 Å². The molecule has 0 fully saturated rings. The van der Waals surface area contributed by atoms with Crippen molar-refractivity contribution in [2.45, 2.75) is 13.5 Å². The first-order valence-corrected chi connectivity index (χ1v) is 8.07. The van der Waals surface area contributed by atoms with Crippen molar-refractivity contribution in [3.8, 4) is 11.8 Å². The van der Waals surface area contributed by atoms with E-state index in [9.17, 15) is 9.59 Å². The SMILES string of the molecule is CC#Cc1ccc2[nH]cc(C(=O)NCc3ccc(Cl)cc3)c(=O)c2c1. The van der Waals surface area contributed by atoms with Crippen LogP contribution in [0.5, 0.6) is 0 Å². The fraction of sp³-hybridized carbons (Fsp3) is 0.100. The number of pyridine rings is 1. The number of fused-ring (bicyclic) bond motifs is 1. The van der Waals surface area contributed by atoms with Gasteiger partial charge in [0.1, 0.15) is 5.56 Å². The Morgan fingerprint density at radius 2 is 1.96 bits per heavy atom. The largest absolute Gasteiger partial charge is 0.360 e. The summed E-state index contributed by atoms with van der Waals surface area (Å²) in [5.74, 6) is 5.28. The molecule has 1 amide bonds. The van der Waals surface area contributed by atoms with Crippen LogP contribution in [0.1, 0.15) is 28.4 Å². The third kappa shape index (κ3) is 3.73. The Kier molecular flexibility index (Phi) is 4.87. The van der Waals surface area contributed by atoms with Crippen LogP contribution in [0.15, 0.2) is 53.5 Å². The Hall–Kier alpha value is -3.03. The van der Waals surface area contributed by atoms with Crippen molar-refractivity contribution in [3.05, 3.63) is 80.6 Å². The predicted octanol–water partition coefficient (Wildman–Crippen LogP) is 3.48. The number of H-pyrrole nitrogens is 1. The summed E-state index contributed by atoms with van der Waals surface area (Å²) in [6.07, 6.45) is 1.44. The Balaban J connectivity index is 1.87. The van der Waals surface area contributed by atoms with Gasteiger partial charge in [0.25, 0.3) is 5.91 Å². The number of aromatic nitrogens is 1. The Bertz CT molecular complexity index is 1060. The molecule has 0 saturated carbocycles. The first-order valence-electron chi connectivity index (χ1n) is 7.69. The molecule has 0 aliphatic carbocycles. The number of hydrogen-bond donors (Lipinski definition) is 2. The summed E-state index contributed by atoms with van der Waals surface area (Å²) in [6.45, 7) is 2.05. The van der Waals surface area contributed by atoms with Gasteiger partial charge in [-0.3, -0.25) is 9.59 Å². The van der Waals surface area contributed by atoms with Crippen molar-refractivity contribution in [1.82, 2.24) is 10.3 Å². The minimum Gasteiger partial charge on any atom is -0.360 e. The highest BCUT2D eigenvalue weighted by Crippen LogP contribution is 2.12. The van der Waals surface area contributed by atoms with E-state index in [0.29, 0.717) is 22.5 Å². The number of carbonyl (C=O) groups excluding carboxylic acids is 1. The van der Waals surface area contributed by atoms with Crippen LogP contribution >= 0.6 is 11.6 Å². The second-order valence-corrected chi connectivity index (χ2v) is 5.91. The maximum atomic E-state index is 12.6. The molecule has 124 valence electrons. The highest BCUT2D eigenvalue weighted by atomic mass is 35.5. The molecule has 2 N–H and O–H groups in total. The average Bonchev–Trinajstić information content (AvgIpc) is 2.62. The van der Waals surface area contributed by atoms with Gasteiger partial charge in [-0.25, -0.2) is 0 Å². The van der Waals surface area contributed by atoms with Crippen molar-refractivity contribution in [3.63, 3.8) is 0 Å². The molecule has 3 rings (SSSR count). The minimum atomic E-state index is -0.426. The van der Waals surface area contributed by atoms with Crippen molar-refractivity contribution in [2.24, 2.45) is 0 Å². The molecular weight excluding hydrogens is 336 g/mol. The third-order valence-electron chi connectivity index (χ3n) is 3.76. The molecule has 2 aromatic carbocycles. The van der Waals surface area contributed by atoms with E-state index in [1.807, 2.05) is 18.2 Å². The van der Waals surface area contributed by atoms with Gasteiger partial charge in [0.05, 0.1) is 0 Å². The lowest BCUT2D eigenvalue weighted by atomic mass is 10.1. The fourth-order valence-electron chi connectivity index (χ4n) is 2.49. The van der Waals surface area contributed by atoms with Crippen LogP contribution in [0.25, 0.3) is 10.9 Å². The molecule has 4 nitrogen and oxygen atoms in total. The molecule has 0 saturated heterocycles. The van der Waals surface area contributed by atoms with Crippen molar-refractivity contribution < 1.29 is 4.79 Å². The second kappa shape index (κ2) is 7.25. The summed E-state index contributed by atoms with van der Waals surface area (Å²) >= 11 is 5.84. The van der Waals surface area contributed by atoms with Crippen LogP contribution in [0.2, 0.25) is 5.02 Å². The van der Waals surface area contributed by atoms with Gasteiger partial charge in [0, 0.05) is 34.2 Å². The topological polar surface area (TPSA) is 62.0 Å². The van der Waals surface area contributed by atoms with E-state index in [0.717, 1.165) is 11.1 Å². The quantitative estimate of drug-likeness (QED) is 0.710. The summed E-state index contributed by atoms with van der Waals surface area (Å²) in [5, 5.41) is 3.83. The van der Waals surface area contributed by atoms with Gasteiger partial charge >= 0.3 is 0 Å². The third-order valence-corrected chi connectivity index (χ3v) is 4.01. The van der Waals surface area contributed by atoms with E-state index in [1.165, 1.54) is 6.20 Å². The maximum Gasteiger partial charge on any atom is 0.257 e. The summed E-state index contributed by atoms with van der Waals surface area (Å²) in [7, 11) is 0. The zero-order chi connectivity index (χ0) is 17.8. The van der Waals surface area contributed by atoms with Gasteiger partial charge in [-0.05, 0) is 42.8 Å². The minimum absolute atomic E-state index is 0.0723. The Morgan fingerprint density at radius 1 is 1.20 bits per heavy atom. The van der Waals surface area contributed by atoms with E-state index in [-0.39, 0.29) is 11.0 Å². The molecule has 1 heterocycles. The van der Waals surface area contributed by atoms with Gasteiger partial charge in [-0.2, -0.15) is 0 Å². The molecule has 3 aromatic rings. The summed E-state index contributed by atoms with van der Waals surface area (Å²) in [5.41, 5.74) is 2.06.